The van der Waals surface area contributed by atoms with Crippen LogP contribution in [0.4, 0.5) is 5.69 Å². The first kappa shape index (κ1) is 15.2. The van der Waals surface area contributed by atoms with Crippen LogP contribution < -0.4 is 5.73 Å². The van der Waals surface area contributed by atoms with Gasteiger partial charge in [0.1, 0.15) is 0 Å². The Hall–Kier alpha value is -2.30. The number of morpholine rings is 1. The maximum Gasteiger partial charge on any atom is 0.0594 e. The largest absolute Gasteiger partial charge is 0.399 e. The molecular weight excluding hydrogens is 298 g/mol. The Morgan fingerprint density at radius 2 is 1.71 bits per heavy atom. The molecule has 0 bridgehead atoms. The summed E-state index contributed by atoms with van der Waals surface area (Å²) in [5.41, 5.74) is 10.4. The predicted octanol–water partition coefficient (Wildman–Crippen LogP) is 3.09. The number of fused-ring (bicyclic) bond motifs is 1. The van der Waals surface area contributed by atoms with Gasteiger partial charge in [-0.2, -0.15) is 0 Å². The average Bonchev–Trinajstić information content (AvgIpc) is 3.00. The third-order valence-electron chi connectivity index (χ3n) is 4.77. The maximum absolute atomic E-state index is 5.83. The zero-order chi connectivity index (χ0) is 16.4. The first-order valence-corrected chi connectivity index (χ1v) is 8.56. The summed E-state index contributed by atoms with van der Waals surface area (Å²) in [7, 11) is 0. The van der Waals surface area contributed by atoms with E-state index in [1.54, 1.807) is 0 Å². The lowest BCUT2D eigenvalue weighted by Crippen LogP contribution is -2.37. The number of hydrogen-bond donors (Lipinski definition) is 1. The number of nitrogen functional groups attached to an aromatic ring is 1. The van der Waals surface area contributed by atoms with Crippen LogP contribution in [0.15, 0.2) is 54.7 Å². The Bertz CT molecular complexity index is 817. The molecule has 4 nitrogen and oxygen atoms in total. The highest BCUT2D eigenvalue weighted by Gasteiger charge is 2.13. The van der Waals surface area contributed by atoms with Crippen LogP contribution in [0.2, 0.25) is 0 Å². The van der Waals surface area contributed by atoms with Crippen LogP contribution in [0.3, 0.4) is 0 Å². The molecule has 1 fully saturated rings. The van der Waals surface area contributed by atoms with Crippen LogP contribution in [-0.2, 0) is 11.2 Å². The minimum atomic E-state index is 0.794. The third-order valence-corrected chi connectivity index (χ3v) is 4.77. The molecule has 0 saturated carbocycles. The first-order valence-electron chi connectivity index (χ1n) is 8.56. The van der Waals surface area contributed by atoms with Crippen molar-refractivity contribution in [3.8, 4) is 5.69 Å². The van der Waals surface area contributed by atoms with Crippen LogP contribution in [-0.4, -0.2) is 42.3 Å². The smallest absolute Gasteiger partial charge is 0.0594 e. The van der Waals surface area contributed by atoms with Gasteiger partial charge in [0.25, 0.3) is 0 Å². The molecule has 0 radical (unpaired) electrons. The number of hydrogen-bond acceptors (Lipinski definition) is 3. The Morgan fingerprint density at radius 1 is 0.958 bits per heavy atom. The standard InChI is InChI=1S/C20H23N3O/c21-17-5-7-18(8-6-17)23-15-16(19-3-1-2-4-20(19)23)9-10-22-11-13-24-14-12-22/h1-8,15H,9-14,21H2. The van der Waals surface area contributed by atoms with Gasteiger partial charge in [-0.15, -0.1) is 0 Å². The Kier molecular flexibility index (Phi) is 4.24. The summed E-state index contributed by atoms with van der Waals surface area (Å²) in [6, 6.07) is 16.7. The molecule has 1 aliphatic rings. The zero-order valence-electron chi connectivity index (χ0n) is 13.8. The van der Waals surface area contributed by atoms with Crippen molar-refractivity contribution in [3.05, 3.63) is 60.3 Å². The third kappa shape index (κ3) is 3.03. The van der Waals surface area contributed by atoms with Crippen LogP contribution in [0.5, 0.6) is 0 Å². The molecule has 124 valence electrons. The summed E-state index contributed by atoms with van der Waals surface area (Å²) in [5, 5.41) is 1.34. The van der Waals surface area contributed by atoms with E-state index in [1.165, 1.54) is 16.5 Å². The van der Waals surface area contributed by atoms with Crippen molar-refractivity contribution in [3.63, 3.8) is 0 Å². The van der Waals surface area contributed by atoms with E-state index in [-0.39, 0.29) is 0 Å². The number of anilines is 1. The fourth-order valence-corrected chi connectivity index (χ4v) is 3.40. The molecule has 2 aromatic carbocycles. The van der Waals surface area contributed by atoms with Crippen molar-refractivity contribution in [2.24, 2.45) is 0 Å². The molecule has 0 spiro atoms. The van der Waals surface area contributed by atoms with Crippen molar-refractivity contribution in [1.82, 2.24) is 9.47 Å². The molecule has 1 saturated heterocycles. The second-order valence-electron chi connectivity index (χ2n) is 6.34. The van der Waals surface area contributed by atoms with Gasteiger partial charge >= 0.3 is 0 Å². The SMILES string of the molecule is Nc1ccc(-n2cc(CCN3CCOCC3)c3ccccc32)cc1. The van der Waals surface area contributed by atoms with Crippen LogP contribution in [0.1, 0.15) is 5.56 Å². The quantitative estimate of drug-likeness (QED) is 0.751. The van der Waals surface area contributed by atoms with Crippen LogP contribution in [0, 0.1) is 0 Å². The minimum Gasteiger partial charge on any atom is -0.399 e. The van der Waals surface area contributed by atoms with E-state index in [0.717, 1.165) is 50.6 Å². The van der Waals surface area contributed by atoms with Crippen molar-refractivity contribution in [1.29, 1.82) is 0 Å². The van der Waals surface area contributed by atoms with Gasteiger partial charge < -0.3 is 15.0 Å². The van der Waals surface area contributed by atoms with Gasteiger partial charge in [-0.1, -0.05) is 18.2 Å². The predicted molar refractivity (Wildman–Crippen MR) is 98.7 cm³/mol. The first-order chi connectivity index (χ1) is 11.8. The number of rotatable bonds is 4. The molecule has 0 amide bonds. The molecule has 24 heavy (non-hydrogen) atoms. The van der Waals surface area contributed by atoms with Gasteiger partial charge in [0, 0.05) is 42.6 Å². The van der Waals surface area contributed by atoms with Crippen LogP contribution >= 0.6 is 0 Å². The number of nitrogens with zero attached hydrogens (tertiary/aromatic N) is 2. The van der Waals surface area contributed by atoms with Crippen molar-refractivity contribution >= 4 is 16.6 Å². The molecule has 0 unspecified atom stereocenters. The summed E-state index contributed by atoms with van der Waals surface area (Å²) in [6.07, 6.45) is 3.33. The molecule has 4 heteroatoms. The molecule has 1 aromatic heterocycles. The molecule has 0 atom stereocenters. The second-order valence-corrected chi connectivity index (χ2v) is 6.34. The van der Waals surface area contributed by atoms with Gasteiger partial charge in [-0.05, 0) is 42.3 Å². The van der Waals surface area contributed by atoms with Gasteiger partial charge in [0.15, 0.2) is 0 Å². The number of para-hydroxylation sites is 1. The molecule has 0 aliphatic carbocycles. The molecule has 4 rings (SSSR count). The van der Waals surface area contributed by atoms with E-state index in [2.05, 4.69) is 52.1 Å². The van der Waals surface area contributed by atoms with Gasteiger partial charge in [-0.3, -0.25) is 4.90 Å². The Morgan fingerprint density at radius 3 is 2.50 bits per heavy atom. The Labute approximate surface area is 142 Å². The molecule has 3 aromatic rings. The van der Waals surface area contributed by atoms with E-state index in [1.807, 2.05) is 12.1 Å². The van der Waals surface area contributed by atoms with Crippen molar-refractivity contribution < 1.29 is 4.74 Å². The Balaban J connectivity index is 1.64. The highest BCUT2D eigenvalue weighted by Crippen LogP contribution is 2.26. The minimum absolute atomic E-state index is 0.794. The second kappa shape index (κ2) is 6.67. The fraction of sp³-hybridized carbons (Fsp3) is 0.300. The summed E-state index contributed by atoms with van der Waals surface area (Å²) in [5.74, 6) is 0. The average molecular weight is 321 g/mol. The van der Waals surface area contributed by atoms with E-state index in [4.69, 9.17) is 10.5 Å². The van der Waals surface area contributed by atoms with E-state index in [9.17, 15) is 0 Å². The van der Waals surface area contributed by atoms with Gasteiger partial charge in [-0.25, -0.2) is 0 Å². The number of aromatic nitrogens is 1. The monoisotopic (exact) mass is 321 g/mol. The molecule has 2 N–H and O–H groups in total. The summed E-state index contributed by atoms with van der Waals surface area (Å²) in [6.45, 7) is 4.87. The highest BCUT2D eigenvalue weighted by molar-refractivity contribution is 5.85. The molecular formula is C20H23N3O. The number of benzene rings is 2. The summed E-state index contributed by atoms with van der Waals surface area (Å²) < 4.78 is 7.70. The lowest BCUT2D eigenvalue weighted by atomic mass is 10.1. The number of nitrogens with two attached hydrogens (primary N) is 1. The molecule has 2 heterocycles. The highest BCUT2D eigenvalue weighted by atomic mass is 16.5. The van der Waals surface area contributed by atoms with E-state index >= 15 is 0 Å². The lowest BCUT2D eigenvalue weighted by Gasteiger charge is -2.26. The van der Waals surface area contributed by atoms with Gasteiger partial charge in [0.2, 0.25) is 0 Å². The maximum atomic E-state index is 5.83. The molecule has 1 aliphatic heterocycles. The summed E-state index contributed by atoms with van der Waals surface area (Å²) in [4.78, 5) is 2.48. The normalized spacial score (nSPS) is 15.8. The van der Waals surface area contributed by atoms with Crippen molar-refractivity contribution in [2.75, 3.05) is 38.6 Å². The van der Waals surface area contributed by atoms with E-state index < -0.39 is 0 Å². The lowest BCUT2D eigenvalue weighted by molar-refractivity contribution is 0.0385. The number of ether oxygens (including phenoxy) is 1. The van der Waals surface area contributed by atoms with E-state index in [0.29, 0.717) is 0 Å². The topological polar surface area (TPSA) is 43.4 Å². The fourth-order valence-electron chi connectivity index (χ4n) is 3.40. The van der Waals surface area contributed by atoms with Crippen molar-refractivity contribution in [2.45, 2.75) is 6.42 Å². The van der Waals surface area contributed by atoms with Gasteiger partial charge in [0.05, 0.1) is 18.7 Å². The van der Waals surface area contributed by atoms with Crippen LogP contribution in [0.25, 0.3) is 16.6 Å². The zero-order valence-corrected chi connectivity index (χ0v) is 13.8. The summed E-state index contributed by atoms with van der Waals surface area (Å²) >= 11 is 0.